The molecule has 0 heterocycles. The smallest absolute Gasteiger partial charge is 0 e. The first-order valence-electron chi connectivity index (χ1n) is 0. The topological polar surface area (TPSA) is 0 Å². The molecule has 0 aliphatic rings. The zero-order chi connectivity index (χ0) is 0. The van der Waals surface area contributed by atoms with E-state index in [4.69, 9.17) is 0 Å². The Morgan fingerprint density at radius 1 is 0.133 bits per heavy atom. The summed E-state index contributed by atoms with van der Waals surface area (Å²) in [6.07, 6.45) is 0. The van der Waals surface area contributed by atoms with Crippen molar-refractivity contribution in [2.24, 2.45) is 0 Å². The maximum absolute atomic E-state index is 0. The summed E-state index contributed by atoms with van der Waals surface area (Å²) in [5, 5.41) is 0. The molecule has 15 heavy (non-hydrogen) atoms. The fourth-order valence-electron chi connectivity index (χ4n) is 0. The van der Waals surface area contributed by atoms with Crippen molar-refractivity contribution < 1.29 is 134 Å². The van der Waals surface area contributed by atoms with E-state index in [1.165, 1.54) is 0 Å². The molecule has 0 aromatic rings. The molecule has 0 saturated carbocycles. The minimum Gasteiger partial charge on any atom is 0 e. The van der Waals surface area contributed by atoms with Crippen molar-refractivity contribution in [1.29, 1.82) is 0 Å². The molecule has 0 amide bonds. The predicted octanol–water partition coefficient (Wildman–Crippen LogP) is -3.44. The van der Waals surface area contributed by atoms with Gasteiger partial charge in [-0.1, -0.05) is 0 Å². The molecule has 0 rings (SSSR count). The van der Waals surface area contributed by atoms with E-state index in [-0.39, 0.29) is 544 Å². The van der Waals surface area contributed by atoms with E-state index < -0.39 is 0 Å². The van der Waals surface area contributed by atoms with E-state index in [9.17, 15) is 0 Å². The molecule has 0 bridgehead atoms. The van der Waals surface area contributed by atoms with Crippen molar-refractivity contribution in [3.8, 4) is 0 Å². The average Bonchev–Trinajstić information content (AvgIpc) is 0. The van der Waals surface area contributed by atoms with Crippen LogP contribution in [0.1, 0.15) is 0 Å². The third-order valence-electron chi connectivity index (χ3n) is 0. The molecule has 0 N–H and O–H groups in total. The van der Waals surface area contributed by atoms with E-state index in [2.05, 4.69) is 0 Å². The molecule has 84 valence electrons. The summed E-state index contributed by atoms with van der Waals surface area (Å²) < 4.78 is 0. The second-order valence-corrected chi connectivity index (χ2v) is 0. The van der Waals surface area contributed by atoms with Gasteiger partial charge >= 0.3 is 0 Å². The molecule has 0 atom stereocenters. The van der Waals surface area contributed by atoms with Crippen molar-refractivity contribution in [2.75, 3.05) is 0 Å². The van der Waals surface area contributed by atoms with Gasteiger partial charge in [-0.2, -0.15) is 0 Å². The Balaban J connectivity index is 0. The Labute approximate surface area is 522 Å². The van der Waals surface area contributed by atoms with E-state index in [1.54, 1.807) is 0 Å². The molecule has 15 heteroatoms. The maximum Gasteiger partial charge on any atom is 0 e. The van der Waals surface area contributed by atoms with Crippen LogP contribution in [0.5, 0.6) is 0 Å². The zero-order valence-electron chi connectivity index (χ0n) is 8.17. The molecule has 0 saturated heterocycles. The standard InChI is InChI=1S/6Ag.9Sr. The molecule has 0 nitrogen and oxygen atoms in total. The molecule has 0 aromatic carbocycles. The van der Waals surface area contributed by atoms with Gasteiger partial charge in [-0.25, -0.2) is 0 Å². The maximum atomic E-state index is 0. The molecular formula is Ag6Sr9. The molecule has 0 spiro atoms. The predicted molar refractivity (Wildman–Crippen MR) is 51.8 cm³/mol. The van der Waals surface area contributed by atoms with Crippen LogP contribution >= 0.6 is 0 Å². The third kappa shape index (κ3) is 89.2. The summed E-state index contributed by atoms with van der Waals surface area (Å²) in [5.41, 5.74) is 0. The first-order valence-corrected chi connectivity index (χ1v) is 0. The van der Waals surface area contributed by atoms with Gasteiger partial charge in [0.25, 0.3) is 0 Å². The third-order valence-corrected chi connectivity index (χ3v) is 0. The van der Waals surface area contributed by atoms with E-state index >= 15 is 0 Å². The Kier molecular flexibility index (Phi) is 665. The zero-order valence-corrected chi connectivity index (χ0v) is 48.4. The van der Waals surface area contributed by atoms with Crippen molar-refractivity contribution in [3.05, 3.63) is 0 Å². The molecule has 0 aromatic heterocycles. The number of hydrogen-bond donors (Lipinski definition) is 0. The van der Waals surface area contributed by atoms with Gasteiger partial charge in [-0.3, -0.25) is 0 Å². The summed E-state index contributed by atoms with van der Waals surface area (Å²) in [6, 6.07) is 0. The minimum atomic E-state index is 0. The quantitative estimate of drug-likeness (QED) is 0.222. The largest absolute Gasteiger partial charge is 0 e. The number of rotatable bonds is 0. The Morgan fingerprint density at radius 2 is 0.133 bits per heavy atom. The van der Waals surface area contributed by atoms with Crippen LogP contribution in [0, 0.1) is 0 Å². The normalized spacial score (nSPS) is 0. The number of hydrogen-bond acceptors (Lipinski definition) is 0. The van der Waals surface area contributed by atoms with Crippen molar-refractivity contribution in [1.82, 2.24) is 0 Å². The fraction of sp³-hybridized carbons (Fsp3) is 0. The summed E-state index contributed by atoms with van der Waals surface area (Å²) in [5.74, 6) is 0. The van der Waals surface area contributed by atoms with Crippen LogP contribution in [0.25, 0.3) is 0 Å². The van der Waals surface area contributed by atoms with Gasteiger partial charge in [0.2, 0.25) is 0 Å². The van der Waals surface area contributed by atoms with Crippen LogP contribution in [0.2, 0.25) is 0 Å². The van der Waals surface area contributed by atoms with Gasteiger partial charge in [0.05, 0.1) is 0 Å². The summed E-state index contributed by atoms with van der Waals surface area (Å²) in [4.78, 5) is 0. The Hall–Kier alpha value is 17.8. The minimum absolute atomic E-state index is 0. The van der Waals surface area contributed by atoms with Crippen LogP contribution in [-0.4, -0.2) is 409 Å². The first kappa shape index (κ1) is 105. The second kappa shape index (κ2) is 95.3. The summed E-state index contributed by atoms with van der Waals surface area (Å²) in [6.45, 7) is 0. The SMILES string of the molecule is [Ag].[Ag].[Ag].[Ag].[Ag].[Ag].[Sr].[Sr].[Sr].[Sr].[Sr].[Sr].[Sr].[Sr].[Sr]. The van der Waals surface area contributed by atoms with Crippen LogP contribution in [0.15, 0.2) is 0 Å². The average molecular weight is 1440 g/mol. The van der Waals surface area contributed by atoms with Crippen LogP contribution in [0.4, 0.5) is 0 Å². The van der Waals surface area contributed by atoms with E-state index in [0.717, 1.165) is 0 Å². The second-order valence-electron chi connectivity index (χ2n) is 0. The molecule has 0 aliphatic heterocycles. The van der Waals surface area contributed by atoms with Gasteiger partial charge < -0.3 is 0 Å². The van der Waals surface area contributed by atoms with Gasteiger partial charge in [-0.15, -0.1) is 0 Å². The summed E-state index contributed by atoms with van der Waals surface area (Å²) >= 11 is 0. The van der Waals surface area contributed by atoms with Crippen molar-refractivity contribution >= 4 is 409 Å². The molecule has 24 radical (unpaired) electrons. The van der Waals surface area contributed by atoms with Crippen LogP contribution in [-0.2, 0) is 134 Å². The molecule has 0 unspecified atom stereocenters. The van der Waals surface area contributed by atoms with Crippen molar-refractivity contribution in [3.63, 3.8) is 0 Å². The van der Waals surface area contributed by atoms with Gasteiger partial charge in [0.1, 0.15) is 0 Å². The van der Waals surface area contributed by atoms with Gasteiger partial charge in [0.15, 0.2) is 0 Å². The fourth-order valence-corrected chi connectivity index (χ4v) is 0. The Bertz CT molecular complexity index is 14.6. The van der Waals surface area contributed by atoms with Crippen LogP contribution < -0.4 is 0 Å². The summed E-state index contributed by atoms with van der Waals surface area (Å²) in [7, 11) is 0. The molecule has 0 aliphatic carbocycles. The van der Waals surface area contributed by atoms with Gasteiger partial charge in [0, 0.05) is 544 Å². The Morgan fingerprint density at radius 3 is 0.133 bits per heavy atom. The first-order chi connectivity index (χ1) is 0. The van der Waals surface area contributed by atoms with E-state index in [1.807, 2.05) is 0 Å². The molecule has 0 fully saturated rings. The van der Waals surface area contributed by atoms with Crippen molar-refractivity contribution in [2.45, 2.75) is 0 Å². The monoisotopic (exact) mass is 1430 g/mol. The molecular weight excluding hydrogens is 1440 g/mol. The van der Waals surface area contributed by atoms with Crippen LogP contribution in [0.3, 0.4) is 0 Å². The van der Waals surface area contributed by atoms with Gasteiger partial charge in [-0.05, 0) is 0 Å². The van der Waals surface area contributed by atoms with E-state index in [0.29, 0.717) is 0 Å².